The standard InChI is InChI=1S/C17H26N4O2S/c1-23-17-16(18-7-8-19-17)20-10-6-14-13(12-20)4-5-15(22)21(14)9-3-11-24-2/h7-8,13-14H,3-6,9-12H2,1-2H3/t13-,14+/m0/s1. The lowest BCUT2D eigenvalue weighted by Gasteiger charge is -2.47. The quantitative estimate of drug-likeness (QED) is 0.732. The number of ether oxygens (including phenoxy) is 1. The van der Waals surface area contributed by atoms with E-state index in [1.54, 1.807) is 19.5 Å². The highest BCUT2D eigenvalue weighted by atomic mass is 32.2. The van der Waals surface area contributed by atoms with E-state index in [1.165, 1.54) is 0 Å². The zero-order chi connectivity index (χ0) is 16.9. The lowest BCUT2D eigenvalue weighted by molar-refractivity contribution is -0.139. The molecule has 2 atom stereocenters. The molecule has 7 heteroatoms. The highest BCUT2D eigenvalue weighted by Gasteiger charge is 2.39. The number of thioether (sulfide) groups is 1. The molecule has 0 bridgehead atoms. The number of piperidine rings is 2. The SMILES string of the molecule is COc1nccnc1N1CC[C@@H]2[C@@H](CCC(=O)N2CCCSC)C1. The highest BCUT2D eigenvalue weighted by Crippen LogP contribution is 2.34. The Kier molecular flexibility index (Phi) is 5.81. The molecule has 2 aliphatic rings. The van der Waals surface area contributed by atoms with E-state index in [4.69, 9.17) is 4.74 Å². The van der Waals surface area contributed by atoms with Crippen molar-refractivity contribution < 1.29 is 9.53 Å². The molecule has 24 heavy (non-hydrogen) atoms. The maximum Gasteiger partial charge on any atom is 0.257 e. The third-order valence-corrected chi connectivity index (χ3v) is 5.73. The molecule has 2 aliphatic heterocycles. The predicted molar refractivity (Wildman–Crippen MR) is 96.6 cm³/mol. The van der Waals surface area contributed by atoms with Gasteiger partial charge in [0.05, 0.1) is 7.11 Å². The first-order valence-electron chi connectivity index (χ1n) is 8.63. The van der Waals surface area contributed by atoms with Crippen molar-refractivity contribution in [2.45, 2.75) is 31.7 Å². The molecule has 0 radical (unpaired) electrons. The van der Waals surface area contributed by atoms with Crippen LogP contribution in [0.5, 0.6) is 5.88 Å². The molecule has 132 valence electrons. The van der Waals surface area contributed by atoms with Gasteiger partial charge in [-0.15, -0.1) is 0 Å². The summed E-state index contributed by atoms with van der Waals surface area (Å²) in [6.45, 7) is 2.71. The summed E-state index contributed by atoms with van der Waals surface area (Å²) in [4.78, 5) is 25.5. The maximum atomic E-state index is 12.4. The van der Waals surface area contributed by atoms with Crippen LogP contribution in [0.15, 0.2) is 12.4 Å². The third kappa shape index (κ3) is 3.61. The van der Waals surface area contributed by atoms with Crippen LogP contribution in [0.1, 0.15) is 25.7 Å². The van der Waals surface area contributed by atoms with Crippen LogP contribution in [0, 0.1) is 5.92 Å². The van der Waals surface area contributed by atoms with Crippen LogP contribution in [-0.4, -0.2) is 65.6 Å². The Labute approximate surface area is 148 Å². The largest absolute Gasteiger partial charge is 0.478 e. The fourth-order valence-electron chi connectivity index (χ4n) is 3.89. The van der Waals surface area contributed by atoms with Gasteiger partial charge in [0.1, 0.15) is 0 Å². The average Bonchev–Trinajstić information content (AvgIpc) is 2.63. The van der Waals surface area contributed by atoms with E-state index in [1.807, 2.05) is 11.8 Å². The molecule has 0 N–H and O–H groups in total. The number of hydrogen-bond donors (Lipinski definition) is 0. The Hall–Kier alpha value is -1.50. The molecule has 0 aromatic carbocycles. The smallest absolute Gasteiger partial charge is 0.257 e. The van der Waals surface area contributed by atoms with Crippen molar-refractivity contribution in [3.63, 3.8) is 0 Å². The Morgan fingerprint density at radius 3 is 2.96 bits per heavy atom. The molecular formula is C17H26N4O2S. The molecule has 0 saturated carbocycles. The molecule has 3 heterocycles. The summed E-state index contributed by atoms with van der Waals surface area (Å²) in [5.74, 6) is 3.37. The molecule has 6 nitrogen and oxygen atoms in total. The first kappa shape index (κ1) is 17.3. The van der Waals surface area contributed by atoms with Gasteiger partial charge >= 0.3 is 0 Å². The first-order valence-corrected chi connectivity index (χ1v) is 10.0. The number of carbonyl (C=O) groups excluding carboxylic acids is 1. The van der Waals surface area contributed by atoms with Crippen molar-refractivity contribution in [1.29, 1.82) is 0 Å². The second kappa shape index (κ2) is 8.05. The second-order valence-electron chi connectivity index (χ2n) is 6.42. The second-order valence-corrected chi connectivity index (χ2v) is 7.41. The molecule has 0 spiro atoms. The van der Waals surface area contributed by atoms with Gasteiger partial charge in [-0.3, -0.25) is 4.79 Å². The third-order valence-electron chi connectivity index (χ3n) is 5.03. The number of anilines is 1. The van der Waals surface area contributed by atoms with Gasteiger partial charge in [0.25, 0.3) is 5.88 Å². The Morgan fingerprint density at radius 1 is 1.33 bits per heavy atom. The zero-order valence-electron chi connectivity index (χ0n) is 14.5. The monoisotopic (exact) mass is 350 g/mol. The van der Waals surface area contributed by atoms with Gasteiger partial charge in [-0.1, -0.05) is 0 Å². The summed E-state index contributed by atoms with van der Waals surface area (Å²) in [5.41, 5.74) is 0. The zero-order valence-corrected chi connectivity index (χ0v) is 15.3. The fraction of sp³-hybridized carbons (Fsp3) is 0.706. The van der Waals surface area contributed by atoms with Gasteiger partial charge in [-0.2, -0.15) is 11.8 Å². The summed E-state index contributed by atoms with van der Waals surface area (Å²) in [6, 6.07) is 0.382. The summed E-state index contributed by atoms with van der Waals surface area (Å²) in [7, 11) is 1.63. The van der Waals surface area contributed by atoms with Crippen LogP contribution in [0.4, 0.5) is 5.82 Å². The number of fused-ring (bicyclic) bond motifs is 1. The maximum absolute atomic E-state index is 12.4. The predicted octanol–water partition coefficient (Wildman–Crippen LogP) is 2.06. The minimum Gasteiger partial charge on any atom is -0.478 e. The van der Waals surface area contributed by atoms with E-state index in [0.29, 0.717) is 30.2 Å². The molecule has 0 unspecified atom stereocenters. The van der Waals surface area contributed by atoms with Crippen LogP contribution in [0.2, 0.25) is 0 Å². The summed E-state index contributed by atoms with van der Waals surface area (Å²) in [6.07, 6.45) is 9.21. The number of carbonyl (C=O) groups is 1. The summed E-state index contributed by atoms with van der Waals surface area (Å²) < 4.78 is 5.36. The van der Waals surface area contributed by atoms with Gasteiger partial charge in [0.2, 0.25) is 5.91 Å². The van der Waals surface area contributed by atoms with Gasteiger partial charge in [0, 0.05) is 44.5 Å². The molecule has 3 rings (SSSR count). The van der Waals surface area contributed by atoms with Crippen molar-refractivity contribution in [3.8, 4) is 5.88 Å². The van der Waals surface area contributed by atoms with E-state index in [-0.39, 0.29) is 0 Å². The lowest BCUT2D eigenvalue weighted by atomic mass is 9.83. The van der Waals surface area contributed by atoms with Crippen LogP contribution in [0.3, 0.4) is 0 Å². The number of rotatable bonds is 6. The number of methoxy groups -OCH3 is 1. The molecule has 1 aromatic heterocycles. The van der Waals surface area contributed by atoms with Crippen molar-refractivity contribution in [2.24, 2.45) is 5.92 Å². The van der Waals surface area contributed by atoms with Crippen LogP contribution < -0.4 is 9.64 Å². The average molecular weight is 350 g/mol. The molecule has 1 aromatic rings. The Morgan fingerprint density at radius 2 is 2.17 bits per heavy atom. The van der Waals surface area contributed by atoms with Crippen LogP contribution in [0.25, 0.3) is 0 Å². The van der Waals surface area contributed by atoms with Gasteiger partial charge in [-0.05, 0) is 37.2 Å². The van der Waals surface area contributed by atoms with Gasteiger partial charge < -0.3 is 14.5 Å². The van der Waals surface area contributed by atoms with Crippen molar-refractivity contribution in [2.75, 3.05) is 43.7 Å². The van der Waals surface area contributed by atoms with E-state index < -0.39 is 0 Å². The van der Waals surface area contributed by atoms with Crippen LogP contribution in [-0.2, 0) is 4.79 Å². The van der Waals surface area contributed by atoms with E-state index >= 15 is 0 Å². The fourth-order valence-corrected chi connectivity index (χ4v) is 4.31. The number of nitrogens with zero attached hydrogens (tertiary/aromatic N) is 4. The Bertz CT molecular complexity index is 571. The molecule has 1 amide bonds. The van der Waals surface area contributed by atoms with E-state index in [0.717, 1.165) is 50.5 Å². The number of amides is 1. The summed E-state index contributed by atoms with van der Waals surface area (Å²) >= 11 is 1.85. The molecule has 2 fully saturated rings. The minimum atomic E-state index is 0.336. The molecule has 2 saturated heterocycles. The number of likely N-dealkylation sites (tertiary alicyclic amines) is 1. The number of hydrogen-bond acceptors (Lipinski definition) is 6. The Balaban J connectivity index is 1.69. The van der Waals surface area contributed by atoms with Gasteiger partial charge in [0.15, 0.2) is 5.82 Å². The van der Waals surface area contributed by atoms with Crippen LogP contribution >= 0.6 is 11.8 Å². The molecular weight excluding hydrogens is 324 g/mol. The molecule has 0 aliphatic carbocycles. The van der Waals surface area contributed by atoms with Gasteiger partial charge in [-0.25, -0.2) is 9.97 Å². The first-order chi connectivity index (χ1) is 11.7. The van der Waals surface area contributed by atoms with Crippen molar-refractivity contribution >= 4 is 23.5 Å². The van der Waals surface area contributed by atoms with E-state index in [9.17, 15) is 4.79 Å². The normalized spacial score (nSPS) is 24.0. The number of aromatic nitrogens is 2. The minimum absolute atomic E-state index is 0.336. The summed E-state index contributed by atoms with van der Waals surface area (Å²) in [5, 5.41) is 0. The van der Waals surface area contributed by atoms with Crippen molar-refractivity contribution in [3.05, 3.63) is 12.4 Å². The highest BCUT2D eigenvalue weighted by molar-refractivity contribution is 7.98. The topological polar surface area (TPSA) is 58.6 Å². The lowest BCUT2D eigenvalue weighted by Crippen LogP contribution is -2.56. The van der Waals surface area contributed by atoms with E-state index in [2.05, 4.69) is 26.0 Å². The van der Waals surface area contributed by atoms with Crippen molar-refractivity contribution in [1.82, 2.24) is 14.9 Å².